The number of Topliss-reactive ketones (excluding diaryl/α,β-unsaturated/α-hetero) is 1. The van der Waals surface area contributed by atoms with Crippen LogP contribution in [0.15, 0.2) is 23.8 Å². The van der Waals surface area contributed by atoms with E-state index in [4.69, 9.17) is 9.47 Å². The van der Waals surface area contributed by atoms with Gasteiger partial charge in [0, 0.05) is 16.7 Å². The molecule has 0 amide bonds. The van der Waals surface area contributed by atoms with E-state index in [-0.39, 0.29) is 34.6 Å². The number of alkyl halides is 1. The highest BCUT2D eigenvalue weighted by Gasteiger charge is 2.79. The van der Waals surface area contributed by atoms with Crippen molar-refractivity contribution >= 4 is 11.6 Å². The first kappa shape index (κ1) is 28.7. The van der Waals surface area contributed by atoms with Crippen LogP contribution in [0.25, 0.3) is 0 Å². The number of aliphatic hydroxyl groups is 2. The zero-order chi connectivity index (χ0) is 22.6. The molecule has 194 valence electrons. The van der Waals surface area contributed by atoms with Crippen LogP contribution in [0.1, 0.15) is 53.4 Å². The number of carbonyl (C=O) groups is 2. The van der Waals surface area contributed by atoms with E-state index < -0.39 is 58.4 Å². The second-order valence-electron chi connectivity index (χ2n) is 10.9. The molecule has 4 fully saturated rings. The molecule has 5 aliphatic rings. The number of rotatable bonds is 2. The van der Waals surface area contributed by atoms with E-state index in [9.17, 15) is 19.8 Å². The molecule has 3 saturated carbocycles. The van der Waals surface area contributed by atoms with E-state index in [1.807, 2.05) is 6.92 Å². The second-order valence-corrected chi connectivity index (χ2v) is 10.9. The fraction of sp³-hybridized carbons (Fsp3) is 0.750. The summed E-state index contributed by atoms with van der Waals surface area (Å²) in [5.41, 5.74) is -4.66. The minimum atomic E-state index is -1.98. The number of ether oxygens (including phenoxy) is 2. The van der Waals surface area contributed by atoms with Gasteiger partial charge >= 0.3 is 0 Å². The summed E-state index contributed by atoms with van der Waals surface area (Å²) in [6.45, 7) is 6.41. The summed E-state index contributed by atoms with van der Waals surface area (Å²) in [6.07, 6.45) is 4.00. The summed E-state index contributed by atoms with van der Waals surface area (Å²) < 4.78 is 29.5. The quantitative estimate of drug-likeness (QED) is 0.548. The average molecular weight is 489 g/mol. The van der Waals surface area contributed by atoms with Crippen molar-refractivity contribution in [3.63, 3.8) is 0 Å². The Hall–Kier alpha value is -1.53. The fourth-order valence-corrected chi connectivity index (χ4v) is 7.93. The molecule has 0 aromatic heterocycles. The Morgan fingerprint density at radius 2 is 1.82 bits per heavy atom. The fourth-order valence-electron chi connectivity index (χ4n) is 7.93. The summed E-state index contributed by atoms with van der Waals surface area (Å²) in [4.78, 5) is 25.1. The second kappa shape index (κ2) is 8.26. The lowest BCUT2D eigenvalue weighted by Gasteiger charge is -2.62. The number of ketones is 2. The summed E-state index contributed by atoms with van der Waals surface area (Å²) in [5, 5.41) is 21.2. The van der Waals surface area contributed by atoms with Gasteiger partial charge in [0.05, 0.1) is 12.2 Å². The summed E-state index contributed by atoms with van der Waals surface area (Å²) >= 11 is 0. The van der Waals surface area contributed by atoms with Crippen molar-refractivity contribution < 1.29 is 50.1 Å². The predicted molar refractivity (Wildman–Crippen MR) is 119 cm³/mol. The van der Waals surface area contributed by atoms with Crippen molar-refractivity contribution in [2.24, 2.45) is 22.7 Å². The third-order valence-electron chi connectivity index (χ3n) is 9.19. The summed E-state index contributed by atoms with van der Waals surface area (Å²) in [7, 11) is 0. The molecular weight excluding hydrogens is 451 g/mol. The molecule has 8 atom stereocenters. The Balaban J connectivity index is 0.00000136. The van der Waals surface area contributed by atoms with Crippen LogP contribution >= 0.6 is 0 Å². The molecule has 1 aliphatic heterocycles. The lowest BCUT2D eigenvalue weighted by Crippen LogP contribution is -2.70. The molecule has 5 rings (SSSR count). The van der Waals surface area contributed by atoms with Gasteiger partial charge in [-0.1, -0.05) is 18.6 Å². The Bertz CT molecular complexity index is 931. The molecule has 8 N–H and O–H groups in total. The van der Waals surface area contributed by atoms with E-state index in [0.717, 1.165) is 5.57 Å². The van der Waals surface area contributed by atoms with Crippen LogP contribution in [0, 0.1) is 22.7 Å². The predicted octanol–water partition coefficient (Wildman–Crippen LogP) is -0.0553. The van der Waals surface area contributed by atoms with Gasteiger partial charge in [0.2, 0.25) is 0 Å². The molecule has 0 radical (unpaired) electrons. The molecule has 1 heterocycles. The molecule has 0 aromatic rings. The maximum Gasteiger partial charge on any atom is 0.193 e. The largest absolute Gasteiger partial charge is 0.412 e. The van der Waals surface area contributed by atoms with Crippen LogP contribution < -0.4 is 0 Å². The molecule has 34 heavy (non-hydrogen) atoms. The van der Waals surface area contributed by atoms with Crippen LogP contribution in [0.3, 0.4) is 0 Å². The number of halogens is 1. The van der Waals surface area contributed by atoms with E-state index in [2.05, 4.69) is 0 Å². The Labute approximate surface area is 197 Å². The number of carbonyl (C=O) groups excluding carboxylic acids is 2. The topological polar surface area (TPSA) is 188 Å². The van der Waals surface area contributed by atoms with Crippen LogP contribution in [0.5, 0.6) is 0 Å². The van der Waals surface area contributed by atoms with Gasteiger partial charge in [-0.3, -0.25) is 9.59 Å². The molecule has 9 nitrogen and oxygen atoms in total. The highest BCUT2D eigenvalue weighted by atomic mass is 19.1. The van der Waals surface area contributed by atoms with Gasteiger partial charge in [0.15, 0.2) is 28.6 Å². The Morgan fingerprint density at radius 3 is 2.44 bits per heavy atom. The molecule has 0 unspecified atom stereocenters. The van der Waals surface area contributed by atoms with Crippen LogP contribution in [0.2, 0.25) is 0 Å². The van der Waals surface area contributed by atoms with Crippen molar-refractivity contribution in [2.45, 2.75) is 82.6 Å². The third-order valence-corrected chi connectivity index (χ3v) is 9.19. The van der Waals surface area contributed by atoms with Crippen molar-refractivity contribution in [2.75, 3.05) is 6.61 Å². The number of fused-ring (bicyclic) bond motifs is 7. The third kappa shape index (κ3) is 3.03. The van der Waals surface area contributed by atoms with Crippen LogP contribution in [-0.2, 0) is 19.1 Å². The molecule has 0 aromatic carbocycles. The zero-order valence-corrected chi connectivity index (χ0v) is 20.0. The normalized spacial score (nSPS) is 47.5. The summed E-state index contributed by atoms with van der Waals surface area (Å²) in [6, 6.07) is 0. The van der Waals surface area contributed by atoms with Gasteiger partial charge in [-0.15, -0.1) is 0 Å². The minimum Gasteiger partial charge on any atom is -0.412 e. The van der Waals surface area contributed by atoms with Crippen molar-refractivity contribution in [3.05, 3.63) is 23.8 Å². The lowest BCUT2D eigenvalue weighted by molar-refractivity contribution is -0.246. The zero-order valence-electron chi connectivity index (χ0n) is 20.0. The first-order valence-electron chi connectivity index (χ1n) is 11.2. The van der Waals surface area contributed by atoms with Gasteiger partial charge in [0.25, 0.3) is 0 Å². The standard InChI is InChI=1S/C24H31FO6.3H2O/c1-20(2)30-19-10-16-15-6-5-13-9-14(27)7-8-21(13,3)23(15,25)17(28)11-22(16,4)24(19,31-20)18(29)12-26;;;/h7-9,15-17,19,26,28H,5-6,10-12H2,1-4H3;3*1H2/t15-,16-,17-,19+,21-,22-,23-,24+;;;/m0.../s1. The van der Waals surface area contributed by atoms with Gasteiger partial charge in [-0.05, 0) is 64.5 Å². The maximum atomic E-state index is 17.1. The van der Waals surface area contributed by atoms with Gasteiger partial charge < -0.3 is 36.1 Å². The number of aliphatic hydroxyl groups excluding tert-OH is 2. The van der Waals surface area contributed by atoms with Gasteiger partial charge in [-0.2, -0.15) is 0 Å². The Morgan fingerprint density at radius 1 is 1.18 bits per heavy atom. The monoisotopic (exact) mass is 488 g/mol. The van der Waals surface area contributed by atoms with Crippen molar-refractivity contribution in [3.8, 4) is 0 Å². The van der Waals surface area contributed by atoms with E-state index in [1.54, 1.807) is 26.8 Å². The molecule has 1 saturated heterocycles. The first-order valence-corrected chi connectivity index (χ1v) is 11.2. The van der Waals surface area contributed by atoms with E-state index in [1.165, 1.54) is 12.2 Å². The number of hydrogen-bond acceptors (Lipinski definition) is 6. The van der Waals surface area contributed by atoms with Crippen molar-refractivity contribution in [1.82, 2.24) is 0 Å². The molecule has 0 bridgehead atoms. The van der Waals surface area contributed by atoms with E-state index in [0.29, 0.717) is 19.3 Å². The highest BCUT2D eigenvalue weighted by molar-refractivity contribution is 6.01. The SMILES string of the molecule is CC1(C)O[C@@H]2C[C@H]3[C@@H]4CCC5=CC(=O)C=C[C@]5(C)[C@@]4(F)[C@@H](O)C[C@]3(C)[C@]2(C(=O)CO)O1.O.O.O. The summed E-state index contributed by atoms with van der Waals surface area (Å²) in [5.74, 6) is -2.46. The Kier molecular flexibility index (Phi) is 6.97. The van der Waals surface area contributed by atoms with Crippen molar-refractivity contribution in [1.29, 1.82) is 0 Å². The van der Waals surface area contributed by atoms with Gasteiger partial charge in [0.1, 0.15) is 6.61 Å². The van der Waals surface area contributed by atoms with Gasteiger partial charge in [-0.25, -0.2) is 4.39 Å². The first-order chi connectivity index (χ1) is 14.4. The molecular formula is C24H37FO9. The average Bonchev–Trinajstić information content (AvgIpc) is 3.09. The lowest BCUT2D eigenvalue weighted by atomic mass is 9.44. The minimum absolute atomic E-state index is 0. The van der Waals surface area contributed by atoms with Crippen LogP contribution in [0.4, 0.5) is 4.39 Å². The van der Waals surface area contributed by atoms with Crippen LogP contribution in [-0.4, -0.2) is 74.1 Å². The molecule has 4 aliphatic carbocycles. The molecule has 10 heteroatoms. The highest BCUT2D eigenvalue weighted by Crippen LogP contribution is 2.72. The maximum absolute atomic E-state index is 17.1. The number of hydrogen-bond donors (Lipinski definition) is 2. The molecule has 0 spiro atoms. The smallest absolute Gasteiger partial charge is 0.193 e. The van der Waals surface area contributed by atoms with E-state index >= 15 is 4.39 Å². The number of allylic oxidation sites excluding steroid dienone is 4.